The van der Waals surface area contributed by atoms with Gasteiger partial charge >= 0.3 is 5.97 Å². The van der Waals surface area contributed by atoms with Crippen molar-refractivity contribution in [3.63, 3.8) is 0 Å². The molecule has 0 saturated carbocycles. The lowest BCUT2D eigenvalue weighted by atomic mass is 9.95. The standard InChI is InChI=1S/C10H12BF2O2P/c1-4(2)10(14)15-8-7(13)6(12)3-5(11)9(8)16/h3-4H,11,16H2,1-2H3. The molecule has 0 spiro atoms. The van der Waals surface area contributed by atoms with Gasteiger partial charge in [0.1, 0.15) is 7.85 Å². The number of carbonyl (C=O) groups is 1. The molecule has 0 bridgehead atoms. The van der Waals surface area contributed by atoms with E-state index in [1.54, 1.807) is 21.7 Å². The van der Waals surface area contributed by atoms with Crippen molar-refractivity contribution < 1.29 is 18.3 Å². The molecule has 1 unspecified atom stereocenters. The topological polar surface area (TPSA) is 26.3 Å². The Balaban J connectivity index is 3.18. The van der Waals surface area contributed by atoms with Crippen molar-refractivity contribution in [3.8, 4) is 5.75 Å². The van der Waals surface area contributed by atoms with Gasteiger partial charge in [0.15, 0.2) is 11.6 Å². The second-order valence-corrected chi connectivity index (χ2v) is 4.39. The largest absolute Gasteiger partial charge is 0.422 e. The highest BCUT2D eigenvalue weighted by Gasteiger charge is 2.19. The van der Waals surface area contributed by atoms with Crippen molar-refractivity contribution in [2.24, 2.45) is 5.92 Å². The number of hydrogen-bond donors (Lipinski definition) is 0. The first-order chi connectivity index (χ1) is 7.34. The number of halogens is 2. The highest BCUT2D eigenvalue weighted by atomic mass is 31.0. The van der Waals surface area contributed by atoms with Crippen LogP contribution >= 0.6 is 9.24 Å². The molecule has 0 N–H and O–H groups in total. The Bertz CT molecular complexity index is 409. The van der Waals surface area contributed by atoms with Gasteiger partial charge in [0.25, 0.3) is 0 Å². The molecule has 0 aliphatic rings. The molecule has 1 atom stereocenters. The first-order valence-electron chi connectivity index (χ1n) is 4.80. The normalized spacial score (nSPS) is 10.6. The van der Waals surface area contributed by atoms with Crippen molar-refractivity contribution in [2.75, 3.05) is 0 Å². The van der Waals surface area contributed by atoms with E-state index in [9.17, 15) is 13.6 Å². The number of benzene rings is 1. The second-order valence-electron chi connectivity index (χ2n) is 3.81. The Morgan fingerprint density at radius 1 is 1.50 bits per heavy atom. The van der Waals surface area contributed by atoms with Gasteiger partial charge in [0.2, 0.25) is 5.82 Å². The maximum Gasteiger partial charge on any atom is 0.313 e. The summed E-state index contributed by atoms with van der Waals surface area (Å²) in [5.74, 6) is -3.49. The van der Waals surface area contributed by atoms with Gasteiger partial charge in [0.05, 0.1) is 5.92 Å². The Hall–Kier alpha value is -0.955. The van der Waals surface area contributed by atoms with Crippen molar-refractivity contribution in [2.45, 2.75) is 13.8 Å². The molecular weight excluding hydrogens is 232 g/mol. The van der Waals surface area contributed by atoms with Crippen LogP contribution in [0.4, 0.5) is 8.78 Å². The fraction of sp³-hybridized carbons (Fsp3) is 0.300. The molecule has 0 saturated heterocycles. The minimum atomic E-state index is -1.13. The Labute approximate surface area is 96.0 Å². The van der Waals surface area contributed by atoms with E-state index in [2.05, 4.69) is 9.24 Å². The first kappa shape index (κ1) is 13.1. The van der Waals surface area contributed by atoms with Crippen LogP contribution in [0, 0.1) is 17.6 Å². The van der Waals surface area contributed by atoms with Crippen molar-refractivity contribution in [1.82, 2.24) is 0 Å². The molecule has 6 heteroatoms. The summed E-state index contributed by atoms with van der Waals surface area (Å²) in [7, 11) is 3.85. The zero-order chi connectivity index (χ0) is 12.5. The molecule has 1 aromatic carbocycles. The summed E-state index contributed by atoms with van der Waals surface area (Å²) in [6.45, 7) is 3.24. The quantitative estimate of drug-likeness (QED) is 0.323. The van der Waals surface area contributed by atoms with E-state index in [-0.39, 0.29) is 5.75 Å². The Morgan fingerprint density at radius 2 is 2.06 bits per heavy atom. The SMILES string of the molecule is Bc1cc(F)c(F)c(OC(=O)C(C)C)c1P. The maximum atomic E-state index is 13.4. The zero-order valence-corrected chi connectivity index (χ0v) is 10.5. The summed E-state index contributed by atoms with van der Waals surface area (Å²) in [5.41, 5.74) is 0.510. The summed E-state index contributed by atoms with van der Waals surface area (Å²) in [6, 6.07) is 1.06. The monoisotopic (exact) mass is 244 g/mol. The fourth-order valence-electron chi connectivity index (χ4n) is 1.06. The smallest absolute Gasteiger partial charge is 0.313 e. The van der Waals surface area contributed by atoms with E-state index < -0.39 is 23.5 Å². The van der Waals surface area contributed by atoms with Gasteiger partial charge in [0, 0.05) is 5.30 Å². The highest BCUT2D eigenvalue weighted by Crippen LogP contribution is 2.19. The molecule has 0 fully saturated rings. The number of hydrogen-bond acceptors (Lipinski definition) is 2. The van der Waals surface area contributed by atoms with Crippen molar-refractivity contribution in [3.05, 3.63) is 17.7 Å². The highest BCUT2D eigenvalue weighted by molar-refractivity contribution is 7.28. The average Bonchev–Trinajstić information content (AvgIpc) is 2.21. The predicted octanol–water partition coefficient (Wildman–Crippen LogP) is 0.285. The second kappa shape index (κ2) is 4.92. The Morgan fingerprint density at radius 3 is 2.56 bits per heavy atom. The first-order valence-corrected chi connectivity index (χ1v) is 5.38. The predicted molar refractivity (Wildman–Crippen MR) is 64.4 cm³/mol. The molecular formula is C10H12BF2O2P. The van der Waals surface area contributed by atoms with Gasteiger partial charge in [-0.05, 0) is 6.07 Å². The third kappa shape index (κ3) is 2.59. The molecule has 1 rings (SSSR count). The lowest BCUT2D eigenvalue weighted by Crippen LogP contribution is -2.27. The van der Waals surface area contributed by atoms with Crippen LogP contribution in [0.3, 0.4) is 0 Å². The minimum absolute atomic E-state index is 0.346. The van der Waals surface area contributed by atoms with Crippen LogP contribution in [0.1, 0.15) is 13.8 Å². The number of carbonyl (C=O) groups excluding carboxylic acids is 1. The van der Waals surface area contributed by atoms with E-state index in [1.165, 1.54) is 0 Å². The lowest BCUT2D eigenvalue weighted by Gasteiger charge is -2.12. The minimum Gasteiger partial charge on any atom is -0.422 e. The number of ether oxygens (including phenoxy) is 1. The van der Waals surface area contributed by atoms with Crippen molar-refractivity contribution >= 4 is 33.8 Å². The van der Waals surface area contributed by atoms with Gasteiger partial charge in [-0.25, -0.2) is 4.39 Å². The third-order valence-corrected chi connectivity index (χ3v) is 2.81. The fourth-order valence-corrected chi connectivity index (χ4v) is 1.32. The molecule has 16 heavy (non-hydrogen) atoms. The van der Waals surface area contributed by atoms with E-state index in [4.69, 9.17) is 4.74 Å². The van der Waals surface area contributed by atoms with Crippen molar-refractivity contribution in [1.29, 1.82) is 0 Å². The summed E-state index contributed by atoms with van der Waals surface area (Å²) < 4.78 is 31.3. The van der Waals surface area contributed by atoms with E-state index in [0.29, 0.717) is 10.8 Å². The Kier molecular flexibility index (Phi) is 4.03. The van der Waals surface area contributed by atoms with E-state index in [1.807, 2.05) is 0 Å². The van der Waals surface area contributed by atoms with Crippen LogP contribution in [0.2, 0.25) is 0 Å². The third-order valence-electron chi connectivity index (χ3n) is 2.10. The van der Waals surface area contributed by atoms with E-state index >= 15 is 0 Å². The molecule has 2 nitrogen and oxygen atoms in total. The van der Waals surface area contributed by atoms with Gasteiger partial charge in [-0.15, -0.1) is 9.24 Å². The maximum absolute atomic E-state index is 13.4. The molecule has 0 heterocycles. The van der Waals surface area contributed by atoms with Crippen LogP contribution in [0.25, 0.3) is 0 Å². The summed E-state index contributed by atoms with van der Waals surface area (Å²) in [6.07, 6.45) is 0. The molecule has 0 aliphatic heterocycles. The molecule has 0 amide bonds. The van der Waals surface area contributed by atoms with Gasteiger partial charge in [-0.2, -0.15) is 4.39 Å². The van der Waals surface area contributed by atoms with Gasteiger partial charge < -0.3 is 4.74 Å². The zero-order valence-electron chi connectivity index (χ0n) is 9.30. The number of rotatable bonds is 2. The van der Waals surface area contributed by atoms with Crippen LogP contribution < -0.4 is 15.5 Å². The lowest BCUT2D eigenvalue weighted by molar-refractivity contribution is -0.137. The molecule has 0 aromatic heterocycles. The van der Waals surface area contributed by atoms with E-state index in [0.717, 1.165) is 6.07 Å². The van der Waals surface area contributed by atoms with Crippen LogP contribution in [0.15, 0.2) is 6.07 Å². The molecule has 86 valence electrons. The van der Waals surface area contributed by atoms with Gasteiger partial charge in [-0.1, -0.05) is 19.3 Å². The van der Waals surface area contributed by atoms with Crippen LogP contribution in [-0.2, 0) is 4.79 Å². The summed E-state index contributed by atoms with van der Waals surface area (Å²) in [4.78, 5) is 11.3. The molecule has 0 radical (unpaired) electrons. The average molecular weight is 244 g/mol. The number of esters is 1. The molecule has 0 aliphatic carbocycles. The van der Waals surface area contributed by atoms with Gasteiger partial charge in [-0.3, -0.25) is 4.79 Å². The summed E-state index contributed by atoms with van der Waals surface area (Å²) in [5, 5.41) is 0.355. The van der Waals surface area contributed by atoms with Crippen LogP contribution in [-0.4, -0.2) is 13.8 Å². The van der Waals surface area contributed by atoms with Crippen LogP contribution in [0.5, 0.6) is 5.75 Å². The summed E-state index contributed by atoms with van der Waals surface area (Å²) >= 11 is 0. The molecule has 1 aromatic rings.